The predicted octanol–water partition coefficient (Wildman–Crippen LogP) is 2.03. The lowest BCUT2D eigenvalue weighted by molar-refractivity contribution is 0.0938. The van der Waals surface area contributed by atoms with Crippen molar-refractivity contribution in [3.8, 4) is 5.69 Å². The number of amides is 1. The fourth-order valence-electron chi connectivity index (χ4n) is 2.57. The molecule has 8 nitrogen and oxygen atoms in total. The van der Waals surface area contributed by atoms with Crippen LogP contribution in [0.25, 0.3) is 16.7 Å². The number of fused-ring (bicyclic) bond motifs is 1. The number of imidazole rings is 1. The minimum Gasteiger partial charge on any atom is -0.342 e. The Morgan fingerprint density at radius 3 is 2.68 bits per heavy atom. The molecule has 2 N–H and O–H groups in total. The lowest BCUT2D eigenvalue weighted by Gasteiger charge is -2.11. The van der Waals surface area contributed by atoms with Crippen molar-refractivity contribution in [3.63, 3.8) is 0 Å². The van der Waals surface area contributed by atoms with Crippen LogP contribution in [-0.2, 0) is 0 Å². The maximum absolute atomic E-state index is 12.4. The van der Waals surface area contributed by atoms with Crippen LogP contribution in [0.1, 0.15) is 29.1 Å². The van der Waals surface area contributed by atoms with Gasteiger partial charge < -0.3 is 10.3 Å². The first-order valence-electron chi connectivity index (χ1n) is 7.79. The number of rotatable bonds is 4. The van der Waals surface area contributed by atoms with E-state index in [4.69, 9.17) is 0 Å². The molecule has 0 saturated heterocycles. The number of para-hydroxylation sites is 2. The van der Waals surface area contributed by atoms with Crippen LogP contribution >= 0.6 is 0 Å². The minimum absolute atomic E-state index is 0.170. The molecule has 1 amide bonds. The van der Waals surface area contributed by atoms with Crippen molar-refractivity contribution in [1.29, 1.82) is 0 Å². The topological polar surface area (TPSA) is 101 Å². The maximum Gasteiger partial charge on any atom is 0.251 e. The lowest BCUT2D eigenvalue weighted by atomic mass is 10.2. The highest BCUT2D eigenvalue weighted by Crippen LogP contribution is 2.16. The SMILES string of the molecule is CC(NC(=O)c1ccc(-n2cnnn2)cc1)c1nc2ccccc2[nH]1. The summed E-state index contributed by atoms with van der Waals surface area (Å²) >= 11 is 0. The number of carbonyl (C=O) groups is 1. The Morgan fingerprint density at radius 2 is 1.96 bits per heavy atom. The fourth-order valence-corrected chi connectivity index (χ4v) is 2.57. The van der Waals surface area contributed by atoms with E-state index in [1.807, 2.05) is 31.2 Å². The average Bonchev–Trinajstić information content (AvgIpc) is 3.31. The summed E-state index contributed by atoms with van der Waals surface area (Å²) in [5.41, 5.74) is 3.17. The molecule has 0 bridgehead atoms. The Kier molecular flexibility index (Phi) is 3.70. The van der Waals surface area contributed by atoms with Gasteiger partial charge >= 0.3 is 0 Å². The number of nitrogens with one attached hydrogen (secondary N) is 2. The zero-order valence-electron chi connectivity index (χ0n) is 13.4. The summed E-state index contributed by atoms with van der Waals surface area (Å²) in [6.07, 6.45) is 1.50. The average molecular weight is 333 g/mol. The van der Waals surface area contributed by atoms with Crippen molar-refractivity contribution >= 4 is 16.9 Å². The number of aromatic nitrogens is 6. The largest absolute Gasteiger partial charge is 0.342 e. The molecular weight excluding hydrogens is 318 g/mol. The molecule has 1 unspecified atom stereocenters. The van der Waals surface area contributed by atoms with Crippen LogP contribution in [0.5, 0.6) is 0 Å². The summed E-state index contributed by atoms with van der Waals surface area (Å²) in [7, 11) is 0. The first-order chi connectivity index (χ1) is 12.2. The molecule has 0 saturated carbocycles. The van der Waals surface area contributed by atoms with E-state index < -0.39 is 0 Å². The second kappa shape index (κ2) is 6.16. The normalized spacial score (nSPS) is 12.2. The molecule has 0 aliphatic carbocycles. The molecule has 8 heteroatoms. The molecule has 2 aromatic heterocycles. The van der Waals surface area contributed by atoms with E-state index in [2.05, 4.69) is 30.8 Å². The third kappa shape index (κ3) is 2.97. The smallest absolute Gasteiger partial charge is 0.251 e. The predicted molar refractivity (Wildman–Crippen MR) is 91.1 cm³/mol. The molecule has 4 rings (SSSR count). The number of nitrogens with zero attached hydrogens (tertiary/aromatic N) is 5. The Morgan fingerprint density at radius 1 is 1.16 bits per heavy atom. The number of carbonyl (C=O) groups excluding carboxylic acids is 1. The lowest BCUT2D eigenvalue weighted by Crippen LogP contribution is -2.27. The molecule has 0 aliphatic heterocycles. The van der Waals surface area contributed by atoms with Crippen LogP contribution in [-0.4, -0.2) is 36.1 Å². The number of tetrazole rings is 1. The van der Waals surface area contributed by atoms with E-state index in [0.717, 1.165) is 22.5 Å². The van der Waals surface area contributed by atoms with Gasteiger partial charge in [-0.3, -0.25) is 4.79 Å². The molecule has 0 radical (unpaired) electrons. The van der Waals surface area contributed by atoms with E-state index in [-0.39, 0.29) is 11.9 Å². The number of benzene rings is 2. The first-order valence-corrected chi connectivity index (χ1v) is 7.79. The highest BCUT2D eigenvalue weighted by atomic mass is 16.1. The molecule has 0 aliphatic rings. The van der Waals surface area contributed by atoms with Crippen molar-refractivity contribution in [2.75, 3.05) is 0 Å². The molecule has 25 heavy (non-hydrogen) atoms. The first kappa shape index (κ1) is 15.0. The molecule has 124 valence electrons. The van der Waals surface area contributed by atoms with E-state index in [0.29, 0.717) is 5.56 Å². The second-order valence-electron chi connectivity index (χ2n) is 5.64. The number of aromatic amines is 1. The number of hydrogen-bond donors (Lipinski definition) is 2. The van der Waals surface area contributed by atoms with Crippen LogP contribution in [0, 0.1) is 0 Å². The highest BCUT2D eigenvalue weighted by molar-refractivity contribution is 5.94. The number of hydrogen-bond acceptors (Lipinski definition) is 5. The van der Waals surface area contributed by atoms with Crippen molar-refractivity contribution in [2.24, 2.45) is 0 Å². The van der Waals surface area contributed by atoms with Gasteiger partial charge in [0.2, 0.25) is 0 Å². The van der Waals surface area contributed by atoms with Gasteiger partial charge in [0.25, 0.3) is 5.91 Å². The molecule has 1 atom stereocenters. The van der Waals surface area contributed by atoms with Gasteiger partial charge in [-0.05, 0) is 53.7 Å². The van der Waals surface area contributed by atoms with Crippen molar-refractivity contribution in [1.82, 2.24) is 35.5 Å². The third-order valence-electron chi connectivity index (χ3n) is 3.91. The zero-order valence-corrected chi connectivity index (χ0v) is 13.4. The second-order valence-corrected chi connectivity index (χ2v) is 5.64. The highest BCUT2D eigenvalue weighted by Gasteiger charge is 2.15. The van der Waals surface area contributed by atoms with Crippen LogP contribution in [0.15, 0.2) is 54.9 Å². The van der Waals surface area contributed by atoms with Crippen LogP contribution in [0.4, 0.5) is 0 Å². The molecule has 0 fully saturated rings. The summed E-state index contributed by atoms with van der Waals surface area (Å²) in [6.45, 7) is 1.89. The van der Waals surface area contributed by atoms with Gasteiger partial charge in [-0.2, -0.15) is 0 Å². The van der Waals surface area contributed by atoms with Crippen molar-refractivity contribution < 1.29 is 4.79 Å². The summed E-state index contributed by atoms with van der Waals surface area (Å²) in [5.74, 6) is 0.552. The third-order valence-corrected chi connectivity index (χ3v) is 3.91. The number of H-pyrrole nitrogens is 1. The van der Waals surface area contributed by atoms with Crippen LogP contribution in [0.2, 0.25) is 0 Å². The Labute approximate surface area is 142 Å². The summed E-state index contributed by atoms with van der Waals surface area (Å²) in [5, 5.41) is 13.9. The monoisotopic (exact) mass is 333 g/mol. The van der Waals surface area contributed by atoms with E-state index in [1.54, 1.807) is 24.3 Å². The van der Waals surface area contributed by atoms with Crippen molar-refractivity contribution in [3.05, 3.63) is 66.2 Å². The zero-order chi connectivity index (χ0) is 17.2. The van der Waals surface area contributed by atoms with E-state index in [9.17, 15) is 4.79 Å². The summed E-state index contributed by atoms with van der Waals surface area (Å²) < 4.78 is 1.53. The van der Waals surface area contributed by atoms with Gasteiger partial charge in [0, 0.05) is 5.56 Å². The molecule has 0 spiro atoms. The summed E-state index contributed by atoms with van der Waals surface area (Å²) in [6, 6.07) is 14.6. The maximum atomic E-state index is 12.4. The van der Waals surface area contributed by atoms with Gasteiger partial charge in [0.05, 0.1) is 22.8 Å². The molecular formula is C17H15N7O. The van der Waals surface area contributed by atoms with Gasteiger partial charge in [-0.25, -0.2) is 9.67 Å². The van der Waals surface area contributed by atoms with Crippen molar-refractivity contribution in [2.45, 2.75) is 13.0 Å². The molecule has 2 heterocycles. The van der Waals surface area contributed by atoms with Gasteiger partial charge in [-0.15, -0.1) is 5.10 Å². The van der Waals surface area contributed by atoms with E-state index >= 15 is 0 Å². The molecule has 4 aromatic rings. The Hall–Kier alpha value is -3.55. The Balaban J connectivity index is 1.49. The molecule has 2 aromatic carbocycles. The van der Waals surface area contributed by atoms with Gasteiger partial charge in [-0.1, -0.05) is 12.1 Å². The quantitative estimate of drug-likeness (QED) is 0.595. The van der Waals surface area contributed by atoms with Crippen LogP contribution in [0.3, 0.4) is 0 Å². The van der Waals surface area contributed by atoms with Gasteiger partial charge in [0.1, 0.15) is 12.2 Å². The summed E-state index contributed by atoms with van der Waals surface area (Å²) in [4.78, 5) is 20.2. The minimum atomic E-state index is -0.237. The van der Waals surface area contributed by atoms with Crippen LogP contribution < -0.4 is 5.32 Å². The fraction of sp³-hybridized carbons (Fsp3) is 0.118. The van der Waals surface area contributed by atoms with E-state index in [1.165, 1.54) is 11.0 Å². The standard InChI is InChI=1S/C17H15N7O/c1-11(16-20-14-4-2-3-5-15(14)21-16)19-17(25)12-6-8-13(9-7-12)24-10-18-22-23-24/h2-11H,1H3,(H,19,25)(H,20,21). The Bertz CT molecular complexity index is 972. The van der Waals surface area contributed by atoms with Gasteiger partial charge in [0.15, 0.2) is 0 Å².